The molecule has 34 heavy (non-hydrogen) atoms. The molecule has 0 aliphatic rings. The Balaban J connectivity index is 3.21. The molecule has 0 aliphatic carbocycles. The van der Waals surface area contributed by atoms with Crippen LogP contribution in [0.25, 0.3) is 0 Å². The molecule has 1 atom stereocenters. The fourth-order valence-electron chi connectivity index (χ4n) is 5.13. The second-order valence-electron chi connectivity index (χ2n) is 9.99. The van der Waals surface area contributed by atoms with E-state index in [2.05, 4.69) is 66.2 Å². The highest BCUT2D eigenvalue weighted by Crippen LogP contribution is 2.40. The summed E-state index contributed by atoms with van der Waals surface area (Å²) >= 11 is 0. The molecular formula is C30H46O3Si. The summed E-state index contributed by atoms with van der Waals surface area (Å²) in [6.07, 6.45) is 8.38. The summed E-state index contributed by atoms with van der Waals surface area (Å²) in [6, 6.07) is 5.62. The Hall–Kier alpha value is -2.25. The van der Waals surface area contributed by atoms with E-state index < -0.39 is 8.07 Å². The molecule has 0 saturated carbocycles. The van der Waals surface area contributed by atoms with Gasteiger partial charge in [0.05, 0.1) is 7.11 Å². The van der Waals surface area contributed by atoms with Crippen LogP contribution in [0.4, 0.5) is 0 Å². The molecule has 0 unspecified atom stereocenters. The first-order valence-electron chi connectivity index (χ1n) is 12.7. The fraction of sp³-hybridized carbons (Fsp3) is 0.567. The molecule has 0 saturated heterocycles. The van der Waals surface area contributed by atoms with Crippen LogP contribution in [0.5, 0.6) is 5.75 Å². The van der Waals surface area contributed by atoms with Crippen molar-refractivity contribution >= 4 is 14.0 Å². The maximum atomic E-state index is 13.3. The molecular weight excluding hydrogens is 436 g/mol. The minimum atomic E-state index is -1.82. The van der Waals surface area contributed by atoms with Gasteiger partial charge in [0.1, 0.15) is 25.5 Å². The van der Waals surface area contributed by atoms with Crippen molar-refractivity contribution in [2.24, 2.45) is 0 Å². The first-order valence-corrected chi connectivity index (χ1v) is 15.0. The van der Waals surface area contributed by atoms with E-state index in [4.69, 9.17) is 9.47 Å². The molecule has 3 nitrogen and oxygen atoms in total. The van der Waals surface area contributed by atoms with Crippen LogP contribution in [0, 0.1) is 11.5 Å². The van der Waals surface area contributed by atoms with Crippen molar-refractivity contribution < 1.29 is 14.3 Å². The Morgan fingerprint density at radius 2 is 1.68 bits per heavy atom. The summed E-state index contributed by atoms with van der Waals surface area (Å²) in [6.45, 7) is 21.5. The normalized spacial score (nSPS) is 12.3. The first-order chi connectivity index (χ1) is 16.1. The second kappa shape index (κ2) is 14.9. The van der Waals surface area contributed by atoms with Crippen molar-refractivity contribution in [3.63, 3.8) is 0 Å². The molecule has 0 aromatic heterocycles. The third kappa shape index (κ3) is 7.91. The lowest BCUT2D eigenvalue weighted by molar-refractivity contribution is 0.0284. The summed E-state index contributed by atoms with van der Waals surface area (Å²) in [7, 11) is -0.243. The Labute approximate surface area is 210 Å². The SMILES string of the molecule is C=CCCCC[C@H](CC#C[Si](C(C)C)(C(C)C)C(C)C)OC(=O)c1c(CC=C)cccc1OC. The van der Waals surface area contributed by atoms with E-state index in [9.17, 15) is 4.79 Å². The number of ether oxygens (including phenoxy) is 2. The van der Waals surface area contributed by atoms with Gasteiger partial charge >= 0.3 is 5.97 Å². The fourth-order valence-corrected chi connectivity index (χ4v) is 10.4. The largest absolute Gasteiger partial charge is 0.496 e. The van der Waals surface area contributed by atoms with Gasteiger partial charge in [-0.3, -0.25) is 0 Å². The molecule has 0 radical (unpaired) electrons. The molecule has 0 spiro atoms. The maximum Gasteiger partial charge on any atom is 0.342 e. The summed E-state index contributed by atoms with van der Waals surface area (Å²) in [5.41, 5.74) is 6.85. The van der Waals surface area contributed by atoms with Crippen molar-refractivity contribution in [2.45, 2.75) is 103 Å². The monoisotopic (exact) mass is 482 g/mol. The molecule has 0 N–H and O–H groups in total. The topological polar surface area (TPSA) is 35.5 Å². The van der Waals surface area contributed by atoms with Crippen LogP contribution in [0.15, 0.2) is 43.5 Å². The molecule has 188 valence electrons. The van der Waals surface area contributed by atoms with E-state index in [1.54, 1.807) is 19.3 Å². The van der Waals surface area contributed by atoms with Crippen molar-refractivity contribution in [1.29, 1.82) is 0 Å². The summed E-state index contributed by atoms with van der Waals surface area (Å²) in [4.78, 5) is 13.3. The number of esters is 1. The number of rotatable bonds is 14. The van der Waals surface area contributed by atoms with Gasteiger partial charge < -0.3 is 9.47 Å². The quantitative estimate of drug-likeness (QED) is 0.0879. The number of carbonyl (C=O) groups excluding carboxylic acids is 1. The number of unbranched alkanes of at least 4 members (excludes halogenated alkanes) is 2. The lowest BCUT2D eigenvalue weighted by Crippen LogP contribution is -2.43. The van der Waals surface area contributed by atoms with Crippen molar-refractivity contribution in [3.8, 4) is 17.2 Å². The van der Waals surface area contributed by atoms with E-state index in [0.29, 0.717) is 40.8 Å². The van der Waals surface area contributed by atoms with Crippen LogP contribution in [0.2, 0.25) is 16.6 Å². The highest BCUT2D eigenvalue weighted by atomic mass is 28.3. The lowest BCUT2D eigenvalue weighted by atomic mass is 10.0. The smallest absolute Gasteiger partial charge is 0.342 e. The Morgan fingerprint density at radius 1 is 1.03 bits per heavy atom. The predicted octanol–water partition coefficient (Wildman–Crippen LogP) is 8.31. The summed E-state index contributed by atoms with van der Waals surface area (Å²) in [5, 5.41) is 0. The van der Waals surface area contributed by atoms with Gasteiger partial charge in [0.15, 0.2) is 0 Å². The number of hydrogen-bond acceptors (Lipinski definition) is 3. The predicted molar refractivity (Wildman–Crippen MR) is 148 cm³/mol. The van der Waals surface area contributed by atoms with E-state index in [1.165, 1.54) is 0 Å². The van der Waals surface area contributed by atoms with Gasteiger partial charge in [-0.2, -0.15) is 0 Å². The minimum Gasteiger partial charge on any atom is -0.496 e. The van der Waals surface area contributed by atoms with E-state index in [0.717, 1.165) is 31.2 Å². The standard InChI is InChI=1S/C30H46O3Si/c1-10-12-13-14-19-27(20-16-22-34(23(3)4,24(5)6)25(7)8)33-30(31)29-26(17-11-2)18-15-21-28(29)32-9/h10-11,15,18,21,23-25,27H,1-2,12-14,17,19-20H2,3-9H3/t27-/m1/s1. The second-order valence-corrected chi connectivity index (χ2v) is 15.6. The van der Waals surface area contributed by atoms with E-state index >= 15 is 0 Å². The van der Waals surface area contributed by atoms with Gasteiger partial charge in [-0.15, -0.1) is 24.6 Å². The Morgan fingerprint density at radius 3 is 2.21 bits per heavy atom. The van der Waals surface area contributed by atoms with Crippen LogP contribution in [-0.4, -0.2) is 27.3 Å². The zero-order valence-corrected chi connectivity index (χ0v) is 23.6. The van der Waals surface area contributed by atoms with Gasteiger partial charge in [0, 0.05) is 6.42 Å². The molecule has 0 aliphatic heterocycles. The molecule has 1 aromatic rings. The molecule has 1 rings (SSSR count). The van der Waals surface area contributed by atoms with Crippen LogP contribution < -0.4 is 4.74 Å². The summed E-state index contributed by atoms with van der Waals surface area (Å²) in [5.74, 6) is 3.69. The molecule has 1 aromatic carbocycles. The third-order valence-electron chi connectivity index (χ3n) is 6.86. The lowest BCUT2D eigenvalue weighted by Gasteiger charge is -2.38. The Kier molecular flexibility index (Phi) is 13.0. The van der Waals surface area contributed by atoms with Crippen molar-refractivity contribution in [3.05, 3.63) is 54.6 Å². The number of benzene rings is 1. The summed E-state index contributed by atoms with van der Waals surface area (Å²) < 4.78 is 11.6. The van der Waals surface area contributed by atoms with E-state index in [1.807, 2.05) is 18.2 Å². The minimum absolute atomic E-state index is 0.246. The molecule has 0 fully saturated rings. The van der Waals surface area contributed by atoms with E-state index in [-0.39, 0.29) is 12.1 Å². The average molecular weight is 483 g/mol. The first kappa shape index (κ1) is 29.8. The molecule has 0 amide bonds. The van der Waals surface area contributed by atoms with Gasteiger partial charge in [-0.05, 0) is 60.4 Å². The number of allylic oxidation sites excluding steroid dienone is 2. The zero-order chi connectivity index (χ0) is 25.7. The van der Waals surface area contributed by atoms with Crippen molar-refractivity contribution in [1.82, 2.24) is 0 Å². The van der Waals surface area contributed by atoms with Gasteiger partial charge in [0.2, 0.25) is 0 Å². The van der Waals surface area contributed by atoms with Crippen LogP contribution >= 0.6 is 0 Å². The Bertz CT molecular complexity index is 836. The van der Waals surface area contributed by atoms with Crippen LogP contribution in [0.1, 0.15) is 89.6 Å². The number of hydrogen-bond donors (Lipinski definition) is 0. The molecule has 0 bridgehead atoms. The molecule has 0 heterocycles. The van der Waals surface area contributed by atoms with Crippen LogP contribution in [-0.2, 0) is 11.2 Å². The van der Waals surface area contributed by atoms with Crippen molar-refractivity contribution in [2.75, 3.05) is 7.11 Å². The average Bonchev–Trinajstić information content (AvgIpc) is 2.78. The van der Waals surface area contributed by atoms with Gasteiger partial charge in [0.25, 0.3) is 0 Å². The zero-order valence-electron chi connectivity index (χ0n) is 22.6. The number of carbonyl (C=O) groups is 1. The maximum absolute atomic E-state index is 13.3. The number of methoxy groups -OCH3 is 1. The van der Waals surface area contributed by atoms with Gasteiger partial charge in [-0.25, -0.2) is 4.79 Å². The highest BCUT2D eigenvalue weighted by molar-refractivity contribution is 6.90. The third-order valence-corrected chi connectivity index (χ3v) is 13.2. The molecule has 4 heteroatoms. The van der Waals surface area contributed by atoms with Gasteiger partial charge in [-0.1, -0.05) is 65.8 Å². The highest BCUT2D eigenvalue weighted by Gasteiger charge is 2.41. The van der Waals surface area contributed by atoms with Crippen LogP contribution in [0.3, 0.4) is 0 Å².